The molecule has 1 saturated heterocycles. The molecule has 1 heterocycles. The molecule has 0 aromatic rings. The minimum absolute atomic E-state index is 0.0903. The first-order chi connectivity index (χ1) is 5.97. The Hall–Kier alpha value is -0.240. The van der Waals surface area contributed by atoms with E-state index in [-0.39, 0.29) is 6.42 Å². The molecule has 6 atom stereocenters. The van der Waals surface area contributed by atoms with Crippen LogP contribution in [-0.4, -0.2) is 61.7 Å². The number of hydrogen-bond acceptors (Lipinski definition) is 6. The molecule has 0 bridgehead atoms. The Morgan fingerprint density at radius 2 is 1.69 bits per heavy atom. The molecule has 0 aromatic carbocycles. The topological polar surface area (TPSA) is 113 Å². The van der Waals surface area contributed by atoms with Gasteiger partial charge in [-0.15, -0.1) is 0 Å². The van der Waals surface area contributed by atoms with E-state index in [9.17, 15) is 20.4 Å². The van der Waals surface area contributed by atoms with Crippen LogP contribution >= 0.6 is 0 Å². The summed E-state index contributed by atoms with van der Waals surface area (Å²) in [7, 11) is 0. The van der Waals surface area contributed by atoms with Gasteiger partial charge in [0.2, 0.25) is 0 Å². The number of aliphatic hydroxyl groups excluding tert-OH is 4. The molecular formula is C7H13NO5. The van der Waals surface area contributed by atoms with Crippen molar-refractivity contribution in [3.8, 4) is 0 Å². The highest BCUT2D eigenvalue weighted by atomic mass is 16.4. The summed E-state index contributed by atoms with van der Waals surface area (Å²) in [4.78, 5) is 0. The first-order valence-corrected chi connectivity index (χ1v) is 4.17. The normalized spacial score (nSPS) is 61.2. The molecule has 6 nitrogen and oxygen atoms in total. The highest BCUT2D eigenvalue weighted by Crippen LogP contribution is 2.38. The van der Waals surface area contributed by atoms with Gasteiger partial charge in [-0.2, -0.15) is 0 Å². The van der Waals surface area contributed by atoms with Gasteiger partial charge >= 0.3 is 0 Å². The minimum atomic E-state index is -1.63. The summed E-state index contributed by atoms with van der Waals surface area (Å²) in [5, 5.41) is 49.5. The molecule has 13 heavy (non-hydrogen) atoms. The lowest BCUT2D eigenvalue weighted by Gasteiger charge is -2.25. The Morgan fingerprint density at radius 3 is 2.23 bits per heavy atom. The van der Waals surface area contributed by atoms with Crippen molar-refractivity contribution in [2.45, 2.75) is 42.6 Å². The smallest absolute Gasteiger partial charge is 0.115 e. The molecule has 1 aliphatic heterocycles. The van der Waals surface area contributed by atoms with E-state index >= 15 is 0 Å². The van der Waals surface area contributed by atoms with Crippen LogP contribution in [-0.2, 0) is 0 Å². The van der Waals surface area contributed by atoms with Crippen LogP contribution in [0.25, 0.3) is 0 Å². The van der Waals surface area contributed by atoms with Gasteiger partial charge in [0.25, 0.3) is 0 Å². The van der Waals surface area contributed by atoms with Gasteiger partial charge in [0, 0.05) is 6.42 Å². The predicted molar refractivity (Wildman–Crippen MR) is 40.5 cm³/mol. The third-order valence-corrected chi connectivity index (χ3v) is 2.96. The summed E-state index contributed by atoms with van der Waals surface area (Å²) < 4.78 is 0. The van der Waals surface area contributed by atoms with Gasteiger partial charge < -0.3 is 25.5 Å². The van der Waals surface area contributed by atoms with Crippen LogP contribution in [0.4, 0.5) is 0 Å². The van der Waals surface area contributed by atoms with E-state index in [1.165, 1.54) is 0 Å². The molecule has 0 amide bonds. The van der Waals surface area contributed by atoms with E-state index in [2.05, 4.69) is 5.32 Å². The molecule has 2 rings (SSSR count). The summed E-state index contributed by atoms with van der Waals surface area (Å²) >= 11 is 0. The number of hydrogen-bond donors (Lipinski definition) is 6. The number of nitrogens with one attached hydrogen (secondary N) is 1. The average Bonchev–Trinajstić information content (AvgIpc) is 2.44. The van der Waals surface area contributed by atoms with Crippen molar-refractivity contribution in [2.24, 2.45) is 0 Å². The number of rotatable bonds is 0. The van der Waals surface area contributed by atoms with Gasteiger partial charge in [0.15, 0.2) is 0 Å². The van der Waals surface area contributed by atoms with Crippen molar-refractivity contribution in [1.29, 1.82) is 0 Å². The Kier molecular flexibility index (Phi) is 1.88. The van der Waals surface area contributed by atoms with Crippen LogP contribution < -0.4 is 5.32 Å². The molecule has 0 aromatic heterocycles. The monoisotopic (exact) mass is 191 g/mol. The molecular weight excluding hydrogens is 178 g/mol. The van der Waals surface area contributed by atoms with Crippen molar-refractivity contribution < 1.29 is 25.5 Å². The van der Waals surface area contributed by atoms with E-state index in [4.69, 9.17) is 5.11 Å². The van der Waals surface area contributed by atoms with Crippen LogP contribution in [0.2, 0.25) is 0 Å². The third kappa shape index (κ3) is 1.04. The zero-order chi connectivity index (χ0) is 9.80. The Bertz CT molecular complexity index is 225. The van der Waals surface area contributed by atoms with Crippen molar-refractivity contribution in [3.05, 3.63) is 0 Å². The van der Waals surface area contributed by atoms with Crippen molar-refractivity contribution in [1.82, 2.24) is 5.32 Å². The van der Waals surface area contributed by atoms with Gasteiger partial charge in [-0.25, -0.2) is 0 Å². The second kappa shape index (κ2) is 2.63. The summed E-state index contributed by atoms with van der Waals surface area (Å²) in [5.74, 6) is 0. The van der Waals surface area contributed by atoms with Gasteiger partial charge in [-0.05, 0) is 0 Å². The summed E-state index contributed by atoms with van der Waals surface area (Å²) in [5.41, 5.74) is -1.63. The zero-order valence-corrected chi connectivity index (χ0v) is 6.83. The highest BCUT2D eigenvalue weighted by molar-refractivity contribution is 5.16. The summed E-state index contributed by atoms with van der Waals surface area (Å²) in [6, 6.07) is -0.868. The largest absolute Gasteiger partial charge is 0.389 e. The molecule has 0 radical (unpaired) electrons. The van der Waals surface area contributed by atoms with Crippen LogP contribution in [0.3, 0.4) is 0 Å². The maximum atomic E-state index is 9.82. The van der Waals surface area contributed by atoms with Crippen molar-refractivity contribution in [3.63, 3.8) is 0 Å². The molecule has 6 heteroatoms. The fourth-order valence-corrected chi connectivity index (χ4v) is 2.23. The van der Waals surface area contributed by atoms with E-state index in [0.29, 0.717) is 0 Å². The summed E-state index contributed by atoms with van der Waals surface area (Å²) in [6.45, 7) is 0. The van der Waals surface area contributed by atoms with Gasteiger partial charge in [-0.1, -0.05) is 0 Å². The van der Waals surface area contributed by atoms with Crippen LogP contribution in [0.1, 0.15) is 6.42 Å². The van der Waals surface area contributed by atoms with Crippen molar-refractivity contribution >= 4 is 0 Å². The molecule has 1 saturated carbocycles. The fraction of sp³-hybridized carbons (Fsp3) is 1.00. The number of fused-ring (bicyclic) bond motifs is 1. The first kappa shape index (κ1) is 9.32. The molecule has 0 unspecified atom stereocenters. The Morgan fingerprint density at radius 1 is 1.08 bits per heavy atom. The molecule has 1 aliphatic carbocycles. The lowest BCUT2D eigenvalue weighted by molar-refractivity contribution is -0.0957. The van der Waals surface area contributed by atoms with Gasteiger partial charge in [0.1, 0.15) is 30.1 Å². The minimum Gasteiger partial charge on any atom is -0.389 e. The van der Waals surface area contributed by atoms with Gasteiger partial charge in [-0.3, -0.25) is 5.32 Å². The lowest BCUT2D eigenvalue weighted by Crippen LogP contribution is -2.48. The summed E-state index contributed by atoms with van der Waals surface area (Å²) in [6.07, 6.45) is -5.08. The van der Waals surface area contributed by atoms with Crippen LogP contribution in [0.15, 0.2) is 0 Å². The Balaban J connectivity index is 2.29. The first-order valence-electron chi connectivity index (χ1n) is 4.17. The van der Waals surface area contributed by atoms with E-state index in [1.807, 2.05) is 0 Å². The fourth-order valence-electron chi connectivity index (χ4n) is 2.23. The van der Waals surface area contributed by atoms with Crippen molar-refractivity contribution in [2.75, 3.05) is 0 Å². The highest BCUT2D eigenvalue weighted by Gasteiger charge is 2.63. The average molecular weight is 191 g/mol. The molecule has 6 N–H and O–H groups in total. The zero-order valence-electron chi connectivity index (χ0n) is 6.83. The maximum Gasteiger partial charge on any atom is 0.115 e. The van der Waals surface area contributed by atoms with Crippen LogP contribution in [0.5, 0.6) is 0 Å². The molecule has 2 aliphatic rings. The predicted octanol–water partition coefficient (Wildman–Crippen LogP) is -3.51. The lowest BCUT2D eigenvalue weighted by atomic mass is 9.95. The van der Waals surface area contributed by atoms with E-state index < -0.39 is 36.2 Å². The Labute approximate surface area is 74.4 Å². The SMILES string of the molecule is O[C@H]1[C@H](O)[C@H]2N[C@H](O)C[C@@]2(O)[C@@H]1O. The van der Waals surface area contributed by atoms with Gasteiger partial charge in [0.05, 0.1) is 6.04 Å². The maximum absolute atomic E-state index is 9.82. The third-order valence-electron chi connectivity index (χ3n) is 2.96. The van der Waals surface area contributed by atoms with E-state index in [0.717, 1.165) is 0 Å². The second-order valence-corrected chi connectivity index (χ2v) is 3.78. The second-order valence-electron chi connectivity index (χ2n) is 3.78. The number of aliphatic hydroxyl groups is 5. The van der Waals surface area contributed by atoms with E-state index in [1.54, 1.807) is 0 Å². The standard InChI is InChI=1S/C7H13NO5/c9-2-1-7(13)5(8-2)3(10)4(11)6(7)12/h2-6,8-13H,1H2/t2-,3+,4+,5-,6-,7+/m1/s1. The molecule has 76 valence electrons. The molecule has 2 fully saturated rings. The van der Waals surface area contributed by atoms with Crippen LogP contribution in [0, 0.1) is 0 Å². The quantitative estimate of drug-likeness (QED) is 0.237. The molecule has 0 spiro atoms.